The summed E-state index contributed by atoms with van der Waals surface area (Å²) in [6.45, 7) is 6.28. The molecule has 0 fully saturated rings. The zero-order valence-electron chi connectivity index (χ0n) is 11.8. The minimum atomic E-state index is 0.930. The molecule has 0 amide bonds. The molecule has 3 rings (SSSR count). The highest BCUT2D eigenvalue weighted by molar-refractivity contribution is 5.97. The van der Waals surface area contributed by atoms with Gasteiger partial charge in [0, 0.05) is 23.2 Å². The number of aromatic amines is 1. The maximum Gasteiger partial charge on any atom is 0.143 e. The summed E-state index contributed by atoms with van der Waals surface area (Å²) in [5, 5.41) is 4.65. The van der Waals surface area contributed by atoms with E-state index in [1.54, 1.807) is 7.11 Å². The van der Waals surface area contributed by atoms with Gasteiger partial charge in [-0.05, 0) is 50.1 Å². The lowest BCUT2D eigenvalue weighted by Crippen LogP contribution is -2.20. The van der Waals surface area contributed by atoms with Gasteiger partial charge in [0.05, 0.1) is 12.6 Å². The van der Waals surface area contributed by atoms with Crippen molar-refractivity contribution < 1.29 is 4.74 Å². The summed E-state index contributed by atoms with van der Waals surface area (Å²) in [5.41, 5.74) is 6.37. The second-order valence-corrected chi connectivity index (χ2v) is 5.20. The lowest BCUT2D eigenvalue weighted by molar-refractivity contribution is 0.418. The second-order valence-electron chi connectivity index (χ2n) is 5.20. The van der Waals surface area contributed by atoms with Crippen LogP contribution < -0.4 is 10.1 Å². The molecule has 1 aromatic carbocycles. The first-order valence-electron chi connectivity index (χ1n) is 6.77. The van der Waals surface area contributed by atoms with E-state index in [-0.39, 0.29) is 0 Å². The summed E-state index contributed by atoms with van der Waals surface area (Å²) in [4.78, 5) is 3.48. The molecule has 19 heavy (non-hydrogen) atoms. The third kappa shape index (κ3) is 2.04. The molecule has 0 saturated carbocycles. The fraction of sp³-hybridized carbons (Fsp3) is 0.375. The van der Waals surface area contributed by atoms with Crippen molar-refractivity contribution in [2.75, 3.05) is 20.2 Å². The van der Waals surface area contributed by atoms with Crippen LogP contribution in [0.1, 0.15) is 23.2 Å². The smallest absolute Gasteiger partial charge is 0.143 e. The molecule has 1 aromatic heterocycles. The minimum Gasteiger partial charge on any atom is -0.495 e. The monoisotopic (exact) mass is 256 g/mol. The molecule has 0 atom stereocenters. The number of nitrogens with one attached hydrogen (secondary N) is 2. The van der Waals surface area contributed by atoms with Gasteiger partial charge in [0.1, 0.15) is 5.75 Å². The van der Waals surface area contributed by atoms with Gasteiger partial charge >= 0.3 is 0 Å². The van der Waals surface area contributed by atoms with Crippen LogP contribution in [0.3, 0.4) is 0 Å². The van der Waals surface area contributed by atoms with E-state index in [2.05, 4.69) is 42.4 Å². The van der Waals surface area contributed by atoms with Crippen molar-refractivity contribution >= 4 is 16.5 Å². The van der Waals surface area contributed by atoms with Gasteiger partial charge in [0.25, 0.3) is 0 Å². The predicted molar refractivity (Wildman–Crippen MR) is 79.8 cm³/mol. The zero-order chi connectivity index (χ0) is 13.4. The highest BCUT2D eigenvalue weighted by Gasteiger charge is 2.17. The number of hydrogen-bond donors (Lipinski definition) is 2. The van der Waals surface area contributed by atoms with E-state index < -0.39 is 0 Å². The Hall–Kier alpha value is -1.74. The Morgan fingerprint density at radius 1 is 1.21 bits per heavy atom. The topological polar surface area (TPSA) is 37.0 Å². The highest BCUT2D eigenvalue weighted by atomic mass is 16.5. The maximum atomic E-state index is 5.50. The van der Waals surface area contributed by atoms with Gasteiger partial charge in [0.2, 0.25) is 0 Å². The first-order chi connectivity index (χ1) is 9.20. The molecule has 1 aliphatic heterocycles. The number of benzene rings is 1. The van der Waals surface area contributed by atoms with Gasteiger partial charge in [-0.25, -0.2) is 0 Å². The van der Waals surface area contributed by atoms with E-state index >= 15 is 0 Å². The molecular formula is C16H20N2O. The normalized spacial score (nSPS) is 15.6. The number of ether oxygens (including phenoxy) is 1. The van der Waals surface area contributed by atoms with Crippen LogP contribution in [0.5, 0.6) is 5.75 Å². The third-order valence-electron chi connectivity index (χ3n) is 3.81. The zero-order valence-corrected chi connectivity index (χ0v) is 11.8. The lowest BCUT2D eigenvalue weighted by atomic mass is 9.96. The van der Waals surface area contributed by atoms with Crippen LogP contribution in [0.4, 0.5) is 0 Å². The summed E-state index contributed by atoms with van der Waals surface area (Å²) < 4.78 is 5.50. The van der Waals surface area contributed by atoms with E-state index in [9.17, 15) is 0 Å². The van der Waals surface area contributed by atoms with Gasteiger partial charge in [0.15, 0.2) is 0 Å². The molecule has 3 nitrogen and oxygen atoms in total. The van der Waals surface area contributed by atoms with Crippen molar-refractivity contribution in [3.05, 3.63) is 35.0 Å². The summed E-state index contributed by atoms with van der Waals surface area (Å²) >= 11 is 0. The van der Waals surface area contributed by atoms with Crippen molar-refractivity contribution in [3.8, 4) is 5.75 Å². The van der Waals surface area contributed by atoms with Gasteiger partial charge < -0.3 is 15.0 Å². The molecule has 0 spiro atoms. The number of methoxy groups -OCH3 is 1. The Morgan fingerprint density at radius 3 is 2.74 bits per heavy atom. The Bertz CT molecular complexity index is 652. The van der Waals surface area contributed by atoms with E-state index in [4.69, 9.17) is 4.74 Å². The van der Waals surface area contributed by atoms with Crippen LogP contribution in [-0.2, 0) is 0 Å². The van der Waals surface area contributed by atoms with E-state index in [1.165, 1.54) is 27.8 Å². The van der Waals surface area contributed by atoms with Crippen molar-refractivity contribution in [1.29, 1.82) is 0 Å². The summed E-state index contributed by atoms with van der Waals surface area (Å²) in [7, 11) is 1.73. The number of aryl methyl sites for hydroxylation is 2. The van der Waals surface area contributed by atoms with Crippen LogP contribution in [-0.4, -0.2) is 25.2 Å². The third-order valence-corrected chi connectivity index (χ3v) is 3.81. The molecule has 3 heteroatoms. The van der Waals surface area contributed by atoms with Crippen LogP contribution in [0.2, 0.25) is 0 Å². The Labute approximate surface area is 113 Å². The van der Waals surface area contributed by atoms with Gasteiger partial charge in [-0.2, -0.15) is 0 Å². The fourth-order valence-electron chi connectivity index (χ4n) is 2.96. The van der Waals surface area contributed by atoms with Gasteiger partial charge in [-0.1, -0.05) is 6.08 Å². The average Bonchev–Trinajstić information content (AvgIpc) is 2.75. The van der Waals surface area contributed by atoms with Gasteiger partial charge in [-0.3, -0.25) is 0 Å². The molecule has 0 saturated heterocycles. The highest BCUT2D eigenvalue weighted by Crippen LogP contribution is 2.36. The Kier molecular flexibility index (Phi) is 3.07. The van der Waals surface area contributed by atoms with E-state index in [0.717, 1.165) is 30.8 Å². The molecule has 0 bridgehead atoms. The predicted octanol–water partition coefficient (Wildman–Crippen LogP) is 3.17. The van der Waals surface area contributed by atoms with Crippen LogP contribution in [0.25, 0.3) is 16.5 Å². The lowest BCUT2D eigenvalue weighted by Gasteiger charge is -2.14. The fourth-order valence-corrected chi connectivity index (χ4v) is 2.96. The van der Waals surface area contributed by atoms with Crippen LogP contribution >= 0.6 is 0 Å². The molecule has 2 aromatic rings. The molecule has 2 N–H and O–H groups in total. The van der Waals surface area contributed by atoms with Crippen molar-refractivity contribution in [2.24, 2.45) is 0 Å². The second kappa shape index (κ2) is 4.74. The maximum absolute atomic E-state index is 5.50. The number of aromatic nitrogens is 1. The molecule has 0 radical (unpaired) electrons. The standard InChI is InChI=1S/C16H20N2O/c1-10-8-13-15(12-4-6-17-7-5-12)11(2)18-16(13)14(9-10)19-3/h4,8-9,17-18H,5-7H2,1-3H3. The van der Waals surface area contributed by atoms with Crippen molar-refractivity contribution in [1.82, 2.24) is 10.3 Å². The number of H-pyrrole nitrogens is 1. The molecule has 0 aliphatic carbocycles. The first-order valence-corrected chi connectivity index (χ1v) is 6.77. The quantitative estimate of drug-likeness (QED) is 0.866. The van der Waals surface area contributed by atoms with E-state index in [1.807, 2.05) is 0 Å². The van der Waals surface area contributed by atoms with Crippen LogP contribution in [0.15, 0.2) is 18.2 Å². The minimum absolute atomic E-state index is 0.930. The summed E-state index contributed by atoms with van der Waals surface area (Å²) in [6.07, 6.45) is 3.39. The SMILES string of the molecule is COc1cc(C)cc2c(C3=CCNCC3)c(C)[nH]c12. The summed E-state index contributed by atoms with van der Waals surface area (Å²) in [6, 6.07) is 4.33. The van der Waals surface area contributed by atoms with Crippen LogP contribution in [0, 0.1) is 13.8 Å². The summed E-state index contributed by atoms with van der Waals surface area (Å²) in [5.74, 6) is 0.930. The van der Waals surface area contributed by atoms with Crippen molar-refractivity contribution in [3.63, 3.8) is 0 Å². The van der Waals surface area contributed by atoms with Gasteiger partial charge in [-0.15, -0.1) is 0 Å². The molecule has 0 unspecified atom stereocenters. The number of fused-ring (bicyclic) bond motifs is 1. The average molecular weight is 256 g/mol. The molecule has 100 valence electrons. The molecule has 1 aliphatic rings. The number of hydrogen-bond acceptors (Lipinski definition) is 2. The number of rotatable bonds is 2. The Balaban J connectivity index is 2.27. The molecule has 2 heterocycles. The first kappa shape index (κ1) is 12.3. The molecular weight excluding hydrogens is 236 g/mol. The largest absolute Gasteiger partial charge is 0.495 e. The Morgan fingerprint density at radius 2 is 2.05 bits per heavy atom. The van der Waals surface area contributed by atoms with E-state index in [0.29, 0.717) is 0 Å². The van der Waals surface area contributed by atoms with Crippen molar-refractivity contribution in [2.45, 2.75) is 20.3 Å².